The van der Waals surface area contributed by atoms with E-state index in [1.165, 1.54) is 27.6 Å². The van der Waals surface area contributed by atoms with Gasteiger partial charge in [0.1, 0.15) is 0 Å². The second-order valence-electron chi connectivity index (χ2n) is 8.42. The molecule has 1 amide bonds. The van der Waals surface area contributed by atoms with Gasteiger partial charge in [-0.05, 0) is 62.0 Å². The van der Waals surface area contributed by atoms with Crippen molar-refractivity contribution >= 4 is 16.8 Å². The third kappa shape index (κ3) is 6.44. The molecule has 1 aromatic heterocycles. The minimum atomic E-state index is 0.142. The molecule has 31 heavy (non-hydrogen) atoms. The predicted octanol–water partition coefficient (Wildman–Crippen LogP) is 5.17. The Labute approximate surface area is 187 Å². The summed E-state index contributed by atoms with van der Waals surface area (Å²) in [4.78, 5) is 14.9. The van der Waals surface area contributed by atoms with Gasteiger partial charge < -0.3 is 14.8 Å². The van der Waals surface area contributed by atoms with Crippen LogP contribution in [-0.2, 0) is 17.8 Å². The SMILES string of the molecule is CCCN(CCC)CCNC(=O)CCc1cn(Cc2ccccc2C)c2ccccc12. The quantitative estimate of drug-likeness (QED) is 0.440. The molecule has 0 fully saturated rings. The van der Waals surface area contributed by atoms with Crippen LogP contribution in [0.3, 0.4) is 0 Å². The lowest BCUT2D eigenvalue weighted by molar-refractivity contribution is -0.121. The molecule has 0 unspecified atom stereocenters. The van der Waals surface area contributed by atoms with Crippen molar-refractivity contribution in [3.05, 3.63) is 71.4 Å². The number of aromatic nitrogens is 1. The predicted molar refractivity (Wildman–Crippen MR) is 131 cm³/mol. The Balaban J connectivity index is 1.60. The fourth-order valence-electron chi connectivity index (χ4n) is 4.28. The number of nitrogens with zero attached hydrogens (tertiary/aromatic N) is 2. The Kier molecular flexibility index (Phi) is 8.72. The lowest BCUT2D eigenvalue weighted by Gasteiger charge is -2.20. The molecular formula is C27H37N3O. The maximum absolute atomic E-state index is 12.5. The molecule has 166 valence electrons. The highest BCUT2D eigenvalue weighted by atomic mass is 16.1. The van der Waals surface area contributed by atoms with Crippen LogP contribution in [0.2, 0.25) is 0 Å². The van der Waals surface area contributed by atoms with E-state index in [1.807, 2.05) is 0 Å². The summed E-state index contributed by atoms with van der Waals surface area (Å²) < 4.78 is 2.32. The Bertz CT molecular complexity index is 970. The van der Waals surface area contributed by atoms with Gasteiger partial charge in [0.05, 0.1) is 0 Å². The summed E-state index contributed by atoms with van der Waals surface area (Å²) in [6, 6.07) is 17.1. The number of carbonyl (C=O) groups excluding carboxylic acids is 1. The van der Waals surface area contributed by atoms with Gasteiger partial charge in [-0.3, -0.25) is 4.79 Å². The topological polar surface area (TPSA) is 37.3 Å². The van der Waals surface area contributed by atoms with Gasteiger partial charge in [-0.15, -0.1) is 0 Å². The average molecular weight is 420 g/mol. The maximum Gasteiger partial charge on any atom is 0.220 e. The number of nitrogens with one attached hydrogen (secondary N) is 1. The molecule has 1 N–H and O–H groups in total. The highest BCUT2D eigenvalue weighted by Crippen LogP contribution is 2.24. The molecule has 0 aliphatic heterocycles. The summed E-state index contributed by atoms with van der Waals surface area (Å²) in [6.45, 7) is 11.3. The van der Waals surface area contributed by atoms with Crippen LogP contribution in [0.5, 0.6) is 0 Å². The van der Waals surface area contributed by atoms with Crippen LogP contribution in [0.15, 0.2) is 54.7 Å². The van der Waals surface area contributed by atoms with E-state index in [4.69, 9.17) is 0 Å². The van der Waals surface area contributed by atoms with Gasteiger partial charge >= 0.3 is 0 Å². The number of fused-ring (bicyclic) bond motifs is 1. The highest BCUT2D eigenvalue weighted by molar-refractivity contribution is 5.85. The molecule has 0 radical (unpaired) electrons. The van der Waals surface area contributed by atoms with Crippen LogP contribution in [0.25, 0.3) is 10.9 Å². The molecule has 0 saturated heterocycles. The minimum Gasteiger partial charge on any atom is -0.355 e. The standard InChI is InChI=1S/C27H37N3O/c1-4-17-29(18-5-2)19-16-28-27(31)15-14-24-21-30(26-13-9-8-12-25(24)26)20-23-11-7-6-10-22(23)3/h6-13,21H,4-5,14-20H2,1-3H3,(H,28,31). The first-order valence-electron chi connectivity index (χ1n) is 11.7. The Morgan fingerprint density at radius 1 is 0.935 bits per heavy atom. The summed E-state index contributed by atoms with van der Waals surface area (Å²) in [7, 11) is 0. The molecule has 1 heterocycles. The molecule has 2 aromatic carbocycles. The molecule has 0 spiro atoms. The van der Waals surface area contributed by atoms with Gasteiger partial charge in [-0.1, -0.05) is 56.3 Å². The van der Waals surface area contributed by atoms with Crippen molar-refractivity contribution in [2.24, 2.45) is 0 Å². The van der Waals surface area contributed by atoms with E-state index in [0.29, 0.717) is 6.42 Å². The smallest absolute Gasteiger partial charge is 0.220 e. The van der Waals surface area contributed by atoms with Gasteiger partial charge in [-0.25, -0.2) is 0 Å². The van der Waals surface area contributed by atoms with Gasteiger partial charge in [0.15, 0.2) is 0 Å². The molecule has 0 atom stereocenters. The monoisotopic (exact) mass is 419 g/mol. The summed E-state index contributed by atoms with van der Waals surface area (Å²) in [6.07, 6.45) is 5.83. The first-order valence-corrected chi connectivity index (χ1v) is 11.7. The first kappa shape index (κ1) is 23.1. The third-order valence-electron chi connectivity index (χ3n) is 5.92. The Morgan fingerprint density at radius 3 is 2.39 bits per heavy atom. The third-order valence-corrected chi connectivity index (χ3v) is 5.92. The zero-order valence-electron chi connectivity index (χ0n) is 19.4. The lowest BCUT2D eigenvalue weighted by Crippen LogP contribution is -2.35. The zero-order valence-corrected chi connectivity index (χ0v) is 19.4. The molecule has 4 heteroatoms. The van der Waals surface area contributed by atoms with E-state index in [-0.39, 0.29) is 5.91 Å². The van der Waals surface area contributed by atoms with Crippen molar-refractivity contribution < 1.29 is 4.79 Å². The molecule has 0 aliphatic carbocycles. The highest BCUT2D eigenvalue weighted by Gasteiger charge is 2.11. The summed E-state index contributed by atoms with van der Waals surface area (Å²) in [5.41, 5.74) is 5.12. The first-order chi connectivity index (χ1) is 15.1. The fourth-order valence-corrected chi connectivity index (χ4v) is 4.28. The second-order valence-corrected chi connectivity index (χ2v) is 8.42. The van der Waals surface area contributed by atoms with Crippen molar-refractivity contribution in [2.75, 3.05) is 26.2 Å². The fraction of sp³-hybridized carbons (Fsp3) is 0.444. The molecule has 3 rings (SSSR count). The van der Waals surface area contributed by atoms with Crippen LogP contribution in [0.1, 0.15) is 49.8 Å². The number of rotatable bonds is 12. The van der Waals surface area contributed by atoms with Crippen LogP contribution >= 0.6 is 0 Å². The number of carbonyl (C=O) groups is 1. The molecule has 0 bridgehead atoms. The van der Waals surface area contributed by atoms with E-state index in [1.54, 1.807) is 0 Å². The van der Waals surface area contributed by atoms with Gasteiger partial charge in [0.2, 0.25) is 5.91 Å². The summed E-state index contributed by atoms with van der Waals surface area (Å²) >= 11 is 0. The van der Waals surface area contributed by atoms with Crippen molar-refractivity contribution in [3.8, 4) is 0 Å². The number of benzene rings is 2. The van der Waals surface area contributed by atoms with E-state index in [9.17, 15) is 4.79 Å². The van der Waals surface area contributed by atoms with Crippen LogP contribution in [0.4, 0.5) is 0 Å². The van der Waals surface area contributed by atoms with E-state index in [0.717, 1.165) is 52.0 Å². The largest absolute Gasteiger partial charge is 0.355 e. The summed E-state index contributed by atoms with van der Waals surface area (Å²) in [5, 5.41) is 4.37. The molecule has 4 nitrogen and oxygen atoms in total. The number of aryl methyl sites for hydroxylation is 2. The minimum absolute atomic E-state index is 0.142. The number of amides is 1. The lowest BCUT2D eigenvalue weighted by atomic mass is 10.1. The maximum atomic E-state index is 12.5. The molecule has 3 aromatic rings. The Morgan fingerprint density at radius 2 is 1.65 bits per heavy atom. The second kappa shape index (κ2) is 11.7. The molecule has 0 aliphatic rings. The number of hydrogen-bond donors (Lipinski definition) is 1. The van der Waals surface area contributed by atoms with Crippen LogP contribution < -0.4 is 5.32 Å². The Hall–Kier alpha value is -2.59. The van der Waals surface area contributed by atoms with E-state index < -0.39 is 0 Å². The van der Waals surface area contributed by atoms with Crippen LogP contribution in [-0.4, -0.2) is 41.6 Å². The van der Waals surface area contributed by atoms with Crippen molar-refractivity contribution in [1.29, 1.82) is 0 Å². The van der Waals surface area contributed by atoms with E-state index in [2.05, 4.69) is 90.3 Å². The van der Waals surface area contributed by atoms with Crippen molar-refractivity contribution in [2.45, 2.75) is 53.0 Å². The molecular weight excluding hydrogens is 382 g/mol. The van der Waals surface area contributed by atoms with Crippen molar-refractivity contribution in [1.82, 2.24) is 14.8 Å². The summed E-state index contributed by atoms with van der Waals surface area (Å²) in [5.74, 6) is 0.142. The van der Waals surface area contributed by atoms with Gasteiger partial charge in [0, 0.05) is 43.2 Å². The normalized spacial score (nSPS) is 11.4. The van der Waals surface area contributed by atoms with Crippen LogP contribution in [0, 0.1) is 6.92 Å². The number of hydrogen-bond acceptors (Lipinski definition) is 2. The number of para-hydroxylation sites is 1. The zero-order chi connectivity index (χ0) is 22.1. The molecule has 0 saturated carbocycles. The van der Waals surface area contributed by atoms with Gasteiger partial charge in [-0.2, -0.15) is 0 Å². The van der Waals surface area contributed by atoms with E-state index >= 15 is 0 Å². The van der Waals surface area contributed by atoms with Gasteiger partial charge in [0.25, 0.3) is 0 Å². The van der Waals surface area contributed by atoms with Crippen molar-refractivity contribution in [3.63, 3.8) is 0 Å². The average Bonchev–Trinajstić information content (AvgIpc) is 3.12.